The second-order valence-electron chi connectivity index (χ2n) is 4.04. The zero-order valence-electron chi connectivity index (χ0n) is 9.05. The fraction of sp³-hybridized carbons (Fsp3) is 0.417. The van der Waals surface area contributed by atoms with E-state index in [2.05, 4.69) is 0 Å². The lowest BCUT2D eigenvalue weighted by atomic mass is 9.83. The van der Waals surface area contributed by atoms with E-state index in [1.165, 1.54) is 0 Å². The van der Waals surface area contributed by atoms with E-state index < -0.39 is 12.0 Å². The average Bonchev–Trinajstić information content (AvgIpc) is 2.18. The molecule has 0 radical (unpaired) electrons. The predicted octanol–water partition coefficient (Wildman–Crippen LogP) is 1.84. The van der Waals surface area contributed by atoms with E-state index in [9.17, 15) is 4.79 Å². The highest BCUT2D eigenvalue weighted by Crippen LogP contribution is 2.26. The number of carboxylic acid groups (broad SMARTS) is 1. The Bertz CT molecular complexity index is 322. The maximum atomic E-state index is 10.9. The number of carbonyl (C=O) groups is 1. The van der Waals surface area contributed by atoms with Gasteiger partial charge in [-0.25, -0.2) is 0 Å². The summed E-state index contributed by atoms with van der Waals surface area (Å²) in [5, 5.41) is 8.94. The van der Waals surface area contributed by atoms with Crippen molar-refractivity contribution in [2.45, 2.75) is 25.8 Å². The van der Waals surface area contributed by atoms with Crippen molar-refractivity contribution in [2.24, 2.45) is 11.7 Å². The SMILES string of the molecule is CC(C)[C@H](c1ccccc1)[C@@H](N)C(=O)O. The summed E-state index contributed by atoms with van der Waals surface area (Å²) < 4.78 is 0. The maximum Gasteiger partial charge on any atom is 0.321 e. The quantitative estimate of drug-likeness (QED) is 0.791. The van der Waals surface area contributed by atoms with Gasteiger partial charge in [0.05, 0.1) is 0 Å². The summed E-state index contributed by atoms with van der Waals surface area (Å²) in [6.07, 6.45) is 0. The molecule has 0 saturated heterocycles. The first kappa shape index (κ1) is 11.7. The van der Waals surface area contributed by atoms with Crippen LogP contribution in [0.5, 0.6) is 0 Å². The third-order valence-electron chi connectivity index (χ3n) is 2.57. The van der Waals surface area contributed by atoms with Crippen LogP contribution < -0.4 is 5.73 Å². The minimum atomic E-state index is -0.947. The van der Waals surface area contributed by atoms with Gasteiger partial charge in [-0.05, 0) is 11.5 Å². The van der Waals surface area contributed by atoms with E-state index in [-0.39, 0.29) is 11.8 Å². The summed E-state index contributed by atoms with van der Waals surface area (Å²) in [5.74, 6) is -0.875. The lowest BCUT2D eigenvalue weighted by molar-refractivity contribution is -0.139. The Morgan fingerprint density at radius 2 is 1.80 bits per heavy atom. The monoisotopic (exact) mass is 207 g/mol. The third-order valence-corrected chi connectivity index (χ3v) is 2.57. The lowest BCUT2D eigenvalue weighted by Gasteiger charge is -2.24. The van der Waals surface area contributed by atoms with Crippen LogP contribution in [0.4, 0.5) is 0 Å². The van der Waals surface area contributed by atoms with E-state index >= 15 is 0 Å². The molecule has 3 heteroatoms. The molecular formula is C12H17NO2. The van der Waals surface area contributed by atoms with Crippen molar-refractivity contribution in [3.8, 4) is 0 Å². The van der Waals surface area contributed by atoms with Gasteiger partial charge < -0.3 is 10.8 Å². The zero-order valence-corrected chi connectivity index (χ0v) is 9.05. The number of hydrogen-bond donors (Lipinski definition) is 2. The van der Waals surface area contributed by atoms with E-state index in [0.29, 0.717) is 0 Å². The molecule has 82 valence electrons. The molecule has 0 aliphatic carbocycles. The molecule has 0 aliphatic heterocycles. The molecule has 0 amide bonds. The van der Waals surface area contributed by atoms with Crippen molar-refractivity contribution in [2.75, 3.05) is 0 Å². The van der Waals surface area contributed by atoms with Crippen LogP contribution in [0.1, 0.15) is 25.3 Å². The first-order chi connectivity index (χ1) is 7.04. The summed E-state index contributed by atoms with van der Waals surface area (Å²) in [6, 6.07) is 8.72. The van der Waals surface area contributed by atoms with Crippen LogP contribution in [0.15, 0.2) is 30.3 Å². The van der Waals surface area contributed by atoms with Crippen molar-refractivity contribution in [1.82, 2.24) is 0 Å². The molecule has 0 spiro atoms. The molecular weight excluding hydrogens is 190 g/mol. The Hall–Kier alpha value is -1.35. The van der Waals surface area contributed by atoms with E-state index in [0.717, 1.165) is 5.56 Å². The molecule has 2 atom stereocenters. The normalized spacial score (nSPS) is 14.9. The molecule has 3 N–H and O–H groups in total. The highest BCUT2D eigenvalue weighted by molar-refractivity contribution is 5.74. The van der Waals surface area contributed by atoms with Crippen LogP contribution in [-0.2, 0) is 4.79 Å². The number of carboxylic acids is 1. The molecule has 3 nitrogen and oxygen atoms in total. The van der Waals surface area contributed by atoms with Gasteiger partial charge in [0, 0.05) is 5.92 Å². The van der Waals surface area contributed by atoms with Crippen LogP contribution in [0.25, 0.3) is 0 Å². The number of rotatable bonds is 4. The molecule has 0 fully saturated rings. The van der Waals surface area contributed by atoms with Crippen LogP contribution in [0, 0.1) is 5.92 Å². The predicted molar refractivity (Wildman–Crippen MR) is 59.6 cm³/mol. The van der Waals surface area contributed by atoms with Gasteiger partial charge in [-0.15, -0.1) is 0 Å². The van der Waals surface area contributed by atoms with Gasteiger partial charge in [-0.2, -0.15) is 0 Å². The summed E-state index contributed by atoms with van der Waals surface area (Å²) >= 11 is 0. The molecule has 0 unspecified atom stereocenters. The smallest absolute Gasteiger partial charge is 0.321 e. The van der Waals surface area contributed by atoms with Gasteiger partial charge in [-0.1, -0.05) is 44.2 Å². The van der Waals surface area contributed by atoms with Gasteiger partial charge in [0.2, 0.25) is 0 Å². The number of hydrogen-bond acceptors (Lipinski definition) is 2. The van der Waals surface area contributed by atoms with E-state index in [1.54, 1.807) is 0 Å². The van der Waals surface area contributed by atoms with Crippen LogP contribution in [0.3, 0.4) is 0 Å². The largest absolute Gasteiger partial charge is 0.480 e. The second kappa shape index (κ2) is 4.94. The Morgan fingerprint density at radius 3 is 2.20 bits per heavy atom. The molecule has 15 heavy (non-hydrogen) atoms. The summed E-state index contributed by atoms with van der Waals surface area (Å²) in [4.78, 5) is 10.9. The van der Waals surface area contributed by atoms with Gasteiger partial charge >= 0.3 is 5.97 Å². The summed E-state index contributed by atoms with van der Waals surface area (Å²) in [5.41, 5.74) is 6.68. The number of benzene rings is 1. The fourth-order valence-corrected chi connectivity index (χ4v) is 1.84. The molecule has 1 rings (SSSR count). The van der Waals surface area contributed by atoms with Crippen LogP contribution in [0.2, 0.25) is 0 Å². The van der Waals surface area contributed by atoms with Gasteiger partial charge in [0.1, 0.15) is 6.04 Å². The minimum Gasteiger partial charge on any atom is -0.480 e. The molecule has 0 saturated carbocycles. The average molecular weight is 207 g/mol. The van der Waals surface area contributed by atoms with E-state index in [4.69, 9.17) is 10.8 Å². The van der Waals surface area contributed by atoms with Crippen molar-refractivity contribution in [3.05, 3.63) is 35.9 Å². The molecule has 0 heterocycles. The van der Waals surface area contributed by atoms with Crippen molar-refractivity contribution < 1.29 is 9.90 Å². The Balaban J connectivity index is 2.99. The number of aliphatic carboxylic acids is 1. The molecule has 1 aromatic rings. The maximum absolute atomic E-state index is 10.9. The fourth-order valence-electron chi connectivity index (χ4n) is 1.84. The minimum absolute atomic E-state index is 0.135. The summed E-state index contributed by atoms with van der Waals surface area (Å²) in [7, 11) is 0. The first-order valence-electron chi connectivity index (χ1n) is 5.07. The van der Waals surface area contributed by atoms with Crippen LogP contribution in [-0.4, -0.2) is 17.1 Å². The Morgan fingerprint density at radius 1 is 1.27 bits per heavy atom. The molecule has 0 aromatic heterocycles. The van der Waals surface area contributed by atoms with Crippen molar-refractivity contribution >= 4 is 5.97 Å². The highest BCUT2D eigenvalue weighted by Gasteiger charge is 2.28. The first-order valence-corrected chi connectivity index (χ1v) is 5.07. The van der Waals surface area contributed by atoms with Crippen molar-refractivity contribution in [1.29, 1.82) is 0 Å². The van der Waals surface area contributed by atoms with Gasteiger partial charge in [0.15, 0.2) is 0 Å². The Labute approximate surface area is 89.9 Å². The Kier molecular flexibility index (Phi) is 3.86. The summed E-state index contributed by atoms with van der Waals surface area (Å²) in [6.45, 7) is 3.97. The highest BCUT2D eigenvalue weighted by atomic mass is 16.4. The second-order valence-corrected chi connectivity index (χ2v) is 4.04. The third kappa shape index (κ3) is 2.80. The van der Waals surface area contributed by atoms with Crippen molar-refractivity contribution in [3.63, 3.8) is 0 Å². The number of nitrogens with two attached hydrogens (primary N) is 1. The molecule has 1 aromatic carbocycles. The standard InChI is InChI=1S/C12H17NO2/c1-8(2)10(11(13)12(14)15)9-6-4-3-5-7-9/h3-8,10-11H,13H2,1-2H3,(H,14,15)/t10-,11-/m1/s1. The van der Waals surface area contributed by atoms with E-state index in [1.807, 2.05) is 44.2 Å². The van der Waals surface area contributed by atoms with Gasteiger partial charge in [-0.3, -0.25) is 4.79 Å². The van der Waals surface area contributed by atoms with Crippen LogP contribution >= 0.6 is 0 Å². The molecule has 0 bridgehead atoms. The zero-order chi connectivity index (χ0) is 11.4. The van der Waals surface area contributed by atoms with Gasteiger partial charge in [0.25, 0.3) is 0 Å². The lowest BCUT2D eigenvalue weighted by Crippen LogP contribution is -2.38. The topological polar surface area (TPSA) is 63.3 Å². The molecule has 0 aliphatic rings.